The van der Waals surface area contributed by atoms with Crippen molar-refractivity contribution in [2.45, 2.75) is 26.3 Å². The topological polar surface area (TPSA) is 12.0 Å². The summed E-state index contributed by atoms with van der Waals surface area (Å²) in [7, 11) is 0. The van der Waals surface area contributed by atoms with Crippen molar-refractivity contribution >= 4 is 23.2 Å². The minimum absolute atomic E-state index is 0.260. The van der Waals surface area contributed by atoms with E-state index < -0.39 is 0 Å². The lowest BCUT2D eigenvalue weighted by atomic mass is 10.0. The van der Waals surface area contributed by atoms with Gasteiger partial charge in [-0.05, 0) is 54.8 Å². The monoisotopic (exact) mass is 307 g/mol. The molecular weight excluding hydrogens is 289 g/mol. The van der Waals surface area contributed by atoms with Gasteiger partial charge in [0, 0.05) is 16.1 Å². The molecule has 1 atom stereocenters. The van der Waals surface area contributed by atoms with Gasteiger partial charge in [0.25, 0.3) is 0 Å². The second-order valence-electron chi connectivity index (χ2n) is 4.92. The molecule has 0 heterocycles. The molecule has 3 heteroatoms. The summed E-state index contributed by atoms with van der Waals surface area (Å²) in [5.74, 6) is 0. The van der Waals surface area contributed by atoms with Crippen LogP contribution in [-0.2, 0) is 0 Å². The van der Waals surface area contributed by atoms with Crippen molar-refractivity contribution in [3.63, 3.8) is 0 Å². The van der Waals surface area contributed by atoms with E-state index in [0.29, 0.717) is 0 Å². The van der Waals surface area contributed by atoms with Crippen molar-refractivity contribution in [1.82, 2.24) is 5.32 Å². The molecule has 2 aromatic rings. The summed E-state index contributed by atoms with van der Waals surface area (Å²) in [6, 6.07) is 14.3. The van der Waals surface area contributed by atoms with Crippen molar-refractivity contribution in [3.8, 4) is 11.1 Å². The fraction of sp³-hybridized carbons (Fsp3) is 0.294. The number of rotatable bonds is 5. The molecule has 0 saturated heterocycles. The van der Waals surface area contributed by atoms with Crippen LogP contribution in [0.3, 0.4) is 0 Å². The van der Waals surface area contributed by atoms with Crippen LogP contribution >= 0.6 is 23.2 Å². The highest BCUT2D eigenvalue weighted by Gasteiger charge is 2.10. The minimum atomic E-state index is 0.260. The second kappa shape index (κ2) is 7.12. The highest BCUT2D eigenvalue weighted by atomic mass is 35.5. The summed E-state index contributed by atoms with van der Waals surface area (Å²) >= 11 is 12.5. The van der Waals surface area contributed by atoms with Gasteiger partial charge in [-0.25, -0.2) is 0 Å². The summed E-state index contributed by atoms with van der Waals surface area (Å²) in [4.78, 5) is 0. The van der Waals surface area contributed by atoms with Gasteiger partial charge >= 0.3 is 0 Å². The Labute approximate surface area is 130 Å². The van der Waals surface area contributed by atoms with E-state index in [1.165, 1.54) is 0 Å². The molecule has 0 spiro atoms. The smallest absolute Gasteiger partial charge is 0.0459 e. The molecule has 0 fully saturated rings. The molecule has 0 aliphatic rings. The Kier molecular flexibility index (Phi) is 5.47. The molecule has 0 amide bonds. The first-order valence-electron chi connectivity index (χ1n) is 6.90. The Morgan fingerprint density at radius 1 is 1.05 bits per heavy atom. The molecular formula is C17H19Cl2N. The maximum atomic E-state index is 6.42. The van der Waals surface area contributed by atoms with Gasteiger partial charge < -0.3 is 5.32 Å². The number of hydrogen-bond acceptors (Lipinski definition) is 1. The van der Waals surface area contributed by atoms with Crippen LogP contribution in [0.1, 0.15) is 31.9 Å². The fourth-order valence-corrected chi connectivity index (χ4v) is 2.73. The first kappa shape index (κ1) is 15.4. The zero-order chi connectivity index (χ0) is 14.5. The molecule has 1 N–H and O–H groups in total. The van der Waals surface area contributed by atoms with E-state index in [4.69, 9.17) is 23.2 Å². The molecule has 1 unspecified atom stereocenters. The van der Waals surface area contributed by atoms with Crippen LogP contribution in [0.15, 0.2) is 42.5 Å². The molecule has 0 bridgehead atoms. The molecule has 2 rings (SSSR count). The third kappa shape index (κ3) is 3.76. The Morgan fingerprint density at radius 3 is 2.45 bits per heavy atom. The molecule has 20 heavy (non-hydrogen) atoms. The summed E-state index contributed by atoms with van der Waals surface area (Å²) in [5.41, 5.74) is 3.30. The van der Waals surface area contributed by atoms with Gasteiger partial charge in [-0.3, -0.25) is 0 Å². The molecule has 2 aromatic carbocycles. The maximum absolute atomic E-state index is 6.42. The van der Waals surface area contributed by atoms with E-state index in [2.05, 4.69) is 31.3 Å². The zero-order valence-electron chi connectivity index (χ0n) is 11.8. The summed E-state index contributed by atoms with van der Waals surface area (Å²) in [5, 5.41) is 4.98. The van der Waals surface area contributed by atoms with E-state index in [1.807, 2.05) is 30.3 Å². The van der Waals surface area contributed by atoms with Gasteiger partial charge in [0.1, 0.15) is 0 Å². The van der Waals surface area contributed by atoms with E-state index in [9.17, 15) is 0 Å². The van der Waals surface area contributed by atoms with Crippen molar-refractivity contribution in [3.05, 3.63) is 58.1 Å². The number of benzene rings is 2. The molecule has 0 aliphatic carbocycles. The summed E-state index contributed by atoms with van der Waals surface area (Å²) in [6.45, 7) is 5.28. The average molecular weight is 308 g/mol. The third-order valence-electron chi connectivity index (χ3n) is 3.33. The fourth-order valence-electron chi connectivity index (χ4n) is 2.20. The van der Waals surface area contributed by atoms with Gasteiger partial charge in [0.2, 0.25) is 0 Å². The van der Waals surface area contributed by atoms with Gasteiger partial charge in [-0.2, -0.15) is 0 Å². The van der Waals surface area contributed by atoms with Crippen molar-refractivity contribution in [1.29, 1.82) is 0 Å². The van der Waals surface area contributed by atoms with Gasteiger partial charge in [0.05, 0.1) is 0 Å². The molecule has 0 radical (unpaired) electrons. The van der Waals surface area contributed by atoms with Gasteiger partial charge in [-0.1, -0.05) is 54.4 Å². The highest BCUT2D eigenvalue weighted by Crippen LogP contribution is 2.30. The largest absolute Gasteiger partial charge is 0.310 e. The first-order valence-corrected chi connectivity index (χ1v) is 7.66. The third-order valence-corrected chi connectivity index (χ3v) is 3.89. The average Bonchev–Trinajstić information content (AvgIpc) is 2.44. The SMILES string of the molecule is CCCNC(C)c1ccc(-c2cccc(Cl)c2)cc1Cl. The summed E-state index contributed by atoms with van der Waals surface area (Å²) < 4.78 is 0. The van der Waals surface area contributed by atoms with E-state index in [0.717, 1.165) is 39.7 Å². The van der Waals surface area contributed by atoms with Crippen LogP contribution in [0, 0.1) is 0 Å². The zero-order valence-corrected chi connectivity index (χ0v) is 13.3. The van der Waals surface area contributed by atoms with Crippen LogP contribution in [0.2, 0.25) is 10.0 Å². The van der Waals surface area contributed by atoms with Crippen LogP contribution < -0.4 is 5.32 Å². The predicted octanol–water partition coefficient (Wildman–Crippen LogP) is 5.72. The number of nitrogens with one attached hydrogen (secondary N) is 1. The Hall–Kier alpha value is -1.02. The Balaban J connectivity index is 2.25. The number of halogens is 2. The molecule has 0 aromatic heterocycles. The Bertz CT molecular complexity index is 581. The first-order chi connectivity index (χ1) is 9.61. The van der Waals surface area contributed by atoms with Crippen LogP contribution in [0.5, 0.6) is 0 Å². The van der Waals surface area contributed by atoms with Crippen molar-refractivity contribution in [2.75, 3.05) is 6.54 Å². The second-order valence-corrected chi connectivity index (χ2v) is 5.77. The normalized spacial score (nSPS) is 12.4. The van der Waals surface area contributed by atoms with Gasteiger partial charge in [0.15, 0.2) is 0 Å². The van der Waals surface area contributed by atoms with Crippen LogP contribution in [0.4, 0.5) is 0 Å². The predicted molar refractivity (Wildman–Crippen MR) is 88.6 cm³/mol. The highest BCUT2D eigenvalue weighted by molar-refractivity contribution is 6.32. The number of hydrogen-bond donors (Lipinski definition) is 1. The molecule has 106 valence electrons. The molecule has 0 aliphatic heterocycles. The Morgan fingerprint density at radius 2 is 1.80 bits per heavy atom. The van der Waals surface area contributed by atoms with Crippen molar-refractivity contribution in [2.24, 2.45) is 0 Å². The molecule has 0 saturated carbocycles. The van der Waals surface area contributed by atoms with E-state index in [1.54, 1.807) is 0 Å². The lowest BCUT2D eigenvalue weighted by Gasteiger charge is -2.16. The standard InChI is InChI=1S/C17H19Cl2N/c1-3-9-20-12(2)16-8-7-14(11-17(16)19)13-5-4-6-15(18)10-13/h4-8,10-12,20H,3,9H2,1-2H3. The van der Waals surface area contributed by atoms with E-state index >= 15 is 0 Å². The lowest BCUT2D eigenvalue weighted by Crippen LogP contribution is -2.19. The van der Waals surface area contributed by atoms with Crippen LogP contribution in [-0.4, -0.2) is 6.54 Å². The van der Waals surface area contributed by atoms with Gasteiger partial charge in [-0.15, -0.1) is 0 Å². The van der Waals surface area contributed by atoms with E-state index in [-0.39, 0.29) is 6.04 Å². The van der Waals surface area contributed by atoms with Crippen molar-refractivity contribution < 1.29 is 0 Å². The van der Waals surface area contributed by atoms with Crippen LogP contribution in [0.25, 0.3) is 11.1 Å². The minimum Gasteiger partial charge on any atom is -0.310 e. The maximum Gasteiger partial charge on any atom is 0.0459 e. The molecule has 1 nitrogen and oxygen atoms in total. The summed E-state index contributed by atoms with van der Waals surface area (Å²) in [6.07, 6.45) is 1.11. The quantitative estimate of drug-likeness (QED) is 0.744. The lowest BCUT2D eigenvalue weighted by molar-refractivity contribution is 0.571.